The molecule has 1 aliphatic rings. The Bertz CT molecular complexity index is 902. The molecule has 6 nitrogen and oxygen atoms in total. The molecule has 1 N–H and O–H groups in total. The number of nitrogens with one attached hydrogen (secondary N) is 1. The highest BCUT2D eigenvalue weighted by Crippen LogP contribution is 2.30. The van der Waals surface area contributed by atoms with Crippen LogP contribution in [0, 0.1) is 6.92 Å². The second-order valence-electron chi connectivity index (χ2n) is 6.28. The average Bonchev–Trinajstić information content (AvgIpc) is 3.05. The van der Waals surface area contributed by atoms with E-state index in [2.05, 4.69) is 31.7 Å². The number of benzene rings is 1. The van der Waals surface area contributed by atoms with Gasteiger partial charge in [0.1, 0.15) is 17.2 Å². The van der Waals surface area contributed by atoms with Crippen molar-refractivity contribution in [1.82, 2.24) is 24.8 Å². The molecule has 0 saturated carbocycles. The molecule has 1 aromatic carbocycles. The number of hydrogen-bond acceptors (Lipinski definition) is 5. The van der Waals surface area contributed by atoms with E-state index in [0.29, 0.717) is 10.7 Å². The lowest BCUT2D eigenvalue weighted by molar-refractivity contribution is 0.270. The Labute approximate surface area is 164 Å². The van der Waals surface area contributed by atoms with Gasteiger partial charge in [0.15, 0.2) is 11.5 Å². The van der Waals surface area contributed by atoms with E-state index in [1.807, 2.05) is 31.2 Å². The summed E-state index contributed by atoms with van der Waals surface area (Å²) in [5, 5.41) is 0.671. The van der Waals surface area contributed by atoms with Crippen molar-refractivity contribution in [3.63, 3.8) is 0 Å². The van der Waals surface area contributed by atoms with Gasteiger partial charge in [-0.15, -0.1) is 12.4 Å². The van der Waals surface area contributed by atoms with Crippen molar-refractivity contribution >= 4 is 41.0 Å². The molecule has 4 rings (SSSR count). The third kappa shape index (κ3) is 3.49. The molecule has 138 valence electrons. The number of hydrogen-bond donors (Lipinski definition) is 1. The van der Waals surface area contributed by atoms with Crippen molar-refractivity contribution in [3.05, 3.63) is 35.1 Å². The summed E-state index contributed by atoms with van der Waals surface area (Å²) in [6.07, 6.45) is 0. The van der Waals surface area contributed by atoms with E-state index in [4.69, 9.17) is 16.6 Å². The van der Waals surface area contributed by atoms with Crippen LogP contribution in [0.1, 0.15) is 12.7 Å². The zero-order valence-electron chi connectivity index (χ0n) is 14.9. The van der Waals surface area contributed by atoms with Crippen molar-refractivity contribution < 1.29 is 0 Å². The number of fused-ring (bicyclic) bond motifs is 1. The van der Waals surface area contributed by atoms with Gasteiger partial charge in [0.2, 0.25) is 0 Å². The van der Waals surface area contributed by atoms with Crippen LogP contribution in [0.4, 0.5) is 5.82 Å². The van der Waals surface area contributed by atoms with Gasteiger partial charge >= 0.3 is 0 Å². The van der Waals surface area contributed by atoms with Gasteiger partial charge in [0.25, 0.3) is 0 Å². The van der Waals surface area contributed by atoms with Crippen molar-refractivity contribution in [2.75, 3.05) is 37.6 Å². The maximum Gasteiger partial charge on any atom is 0.183 e. The van der Waals surface area contributed by atoms with Crippen LogP contribution >= 0.6 is 24.0 Å². The first kappa shape index (κ1) is 18.9. The van der Waals surface area contributed by atoms with Crippen molar-refractivity contribution in [2.45, 2.75) is 13.8 Å². The fourth-order valence-corrected chi connectivity index (χ4v) is 3.50. The summed E-state index contributed by atoms with van der Waals surface area (Å²) in [7, 11) is 0. The summed E-state index contributed by atoms with van der Waals surface area (Å²) < 4.78 is 0. The molecule has 8 heteroatoms. The zero-order valence-corrected chi connectivity index (χ0v) is 16.4. The molecular formula is C18H22Cl2N6. The molecule has 0 radical (unpaired) electrons. The molecule has 0 spiro atoms. The Kier molecular flexibility index (Phi) is 5.65. The predicted molar refractivity (Wildman–Crippen MR) is 108 cm³/mol. The fourth-order valence-electron chi connectivity index (χ4n) is 3.27. The normalized spacial score (nSPS) is 15.3. The molecule has 3 heterocycles. The SMILES string of the molecule is CCN1CCN(c2nc(C)nc3nc(-c4ccccc4Cl)[nH]c23)CC1.Cl. The molecule has 0 amide bonds. The summed E-state index contributed by atoms with van der Waals surface area (Å²) in [5.74, 6) is 2.40. The first-order valence-electron chi connectivity index (χ1n) is 8.62. The summed E-state index contributed by atoms with van der Waals surface area (Å²) in [4.78, 5) is 22.0. The van der Waals surface area contributed by atoms with Crippen molar-refractivity contribution in [2.24, 2.45) is 0 Å². The van der Waals surface area contributed by atoms with Gasteiger partial charge < -0.3 is 14.8 Å². The van der Waals surface area contributed by atoms with E-state index in [9.17, 15) is 0 Å². The fraction of sp³-hybridized carbons (Fsp3) is 0.389. The number of halogens is 2. The van der Waals surface area contributed by atoms with E-state index in [0.717, 1.165) is 61.3 Å². The monoisotopic (exact) mass is 392 g/mol. The minimum atomic E-state index is 0. The number of imidazole rings is 1. The first-order chi connectivity index (χ1) is 12.2. The Morgan fingerprint density at radius 1 is 1.08 bits per heavy atom. The smallest absolute Gasteiger partial charge is 0.183 e. The van der Waals surface area contributed by atoms with E-state index >= 15 is 0 Å². The standard InChI is InChI=1S/C18H21ClN6.ClH/c1-3-24-8-10-25(11-9-24)18-15-17(20-12(2)21-18)23-16(22-15)13-6-4-5-7-14(13)19;/h4-7H,3,8-11H2,1-2H3,(H,20,21,22,23);1H. The summed E-state index contributed by atoms with van der Waals surface area (Å²) >= 11 is 6.33. The molecule has 1 aliphatic heterocycles. The van der Waals surface area contributed by atoms with Crippen molar-refractivity contribution in [1.29, 1.82) is 0 Å². The molecule has 1 fully saturated rings. The quantitative estimate of drug-likeness (QED) is 0.738. The summed E-state index contributed by atoms with van der Waals surface area (Å²) in [6, 6.07) is 7.69. The van der Waals surface area contributed by atoms with Crippen LogP contribution in [0.3, 0.4) is 0 Å². The number of H-pyrrole nitrogens is 1. The van der Waals surface area contributed by atoms with Gasteiger partial charge in [-0.1, -0.05) is 30.7 Å². The molecule has 0 aliphatic carbocycles. The number of nitrogens with zero attached hydrogens (tertiary/aromatic N) is 5. The van der Waals surface area contributed by atoms with Crippen LogP contribution < -0.4 is 4.90 Å². The summed E-state index contributed by atoms with van der Waals surface area (Å²) in [6.45, 7) is 9.22. The van der Waals surface area contributed by atoms with Gasteiger partial charge in [-0.25, -0.2) is 15.0 Å². The van der Waals surface area contributed by atoms with Crippen LogP contribution in [-0.2, 0) is 0 Å². The van der Waals surface area contributed by atoms with Crippen LogP contribution in [-0.4, -0.2) is 57.6 Å². The van der Waals surface area contributed by atoms with Crippen LogP contribution in [0.25, 0.3) is 22.6 Å². The minimum Gasteiger partial charge on any atom is -0.352 e. The Hall–Kier alpha value is -1.89. The van der Waals surface area contributed by atoms with Gasteiger partial charge in [0.05, 0.1) is 5.02 Å². The topological polar surface area (TPSA) is 60.9 Å². The first-order valence-corrected chi connectivity index (χ1v) is 9.00. The number of aromatic amines is 1. The Balaban J connectivity index is 0.00000196. The van der Waals surface area contributed by atoms with Crippen LogP contribution in [0.2, 0.25) is 5.02 Å². The molecule has 26 heavy (non-hydrogen) atoms. The zero-order chi connectivity index (χ0) is 17.4. The van der Waals surface area contributed by atoms with Gasteiger partial charge in [-0.2, -0.15) is 0 Å². The van der Waals surface area contributed by atoms with E-state index in [1.165, 1.54) is 0 Å². The van der Waals surface area contributed by atoms with Crippen LogP contribution in [0.15, 0.2) is 24.3 Å². The molecule has 0 bridgehead atoms. The molecule has 2 aromatic heterocycles. The second kappa shape index (κ2) is 7.78. The third-order valence-electron chi connectivity index (χ3n) is 4.69. The lowest BCUT2D eigenvalue weighted by Gasteiger charge is -2.34. The molecule has 1 saturated heterocycles. The highest BCUT2D eigenvalue weighted by molar-refractivity contribution is 6.33. The molecule has 3 aromatic rings. The number of aromatic nitrogens is 4. The highest BCUT2D eigenvalue weighted by Gasteiger charge is 2.22. The minimum absolute atomic E-state index is 0. The number of rotatable bonds is 3. The van der Waals surface area contributed by atoms with Crippen molar-refractivity contribution in [3.8, 4) is 11.4 Å². The maximum atomic E-state index is 6.33. The average molecular weight is 393 g/mol. The van der Waals surface area contributed by atoms with Gasteiger partial charge in [-0.3, -0.25) is 0 Å². The van der Waals surface area contributed by atoms with Crippen LogP contribution in [0.5, 0.6) is 0 Å². The Morgan fingerprint density at radius 3 is 2.50 bits per heavy atom. The maximum absolute atomic E-state index is 6.33. The molecular weight excluding hydrogens is 371 g/mol. The van der Waals surface area contributed by atoms with E-state index < -0.39 is 0 Å². The number of likely N-dealkylation sites (N-methyl/N-ethyl adjacent to an activating group) is 1. The molecule has 0 atom stereocenters. The third-order valence-corrected chi connectivity index (χ3v) is 5.02. The number of aryl methyl sites for hydroxylation is 1. The lowest BCUT2D eigenvalue weighted by Crippen LogP contribution is -2.46. The Morgan fingerprint density at radius 2 is 1.81 bits per heavy atom. The summed E-state index contributed by atoms with van der Waals surface area (Å²) in [5.41, 5.74) is 2.45. The van der Waals surface area contributed by atoms with Gasteiger partial charge in [-0.05, 0) is 25.6 Å². The van der Waals surface area contributed by atoms with E-state index in [1.54, 1.807) is 0 Å². The predicted octanol–water partition coefficient (Wildman–Crippen LogP) is 3.55. The molecule has 0 unspecified atom stereocenters. The second-order valence-corrected chi connectivity index (χ2v) is 6.69. The van der Waals surface area contributed by atoms with Gasteiger partial charge in [0, 0.05) is 31.7 Å². The number of piperazine rings is 1. The largest absolute Gasteiger partial charge is 0.352 e. The number of anilines is 1. The highest BCUT2D eigenvalue weighted by atomic mass is 35.5. The van der Waals surface area contributed by atoms with E-state index in [-0.39, 0.29) is 12.4 Å². The lowest BCUT2D eigenvalue weighted by atomic mass is 10.2.